The number of ketones is 1. The number of nitrogens with two attached hydrogens (primary N) is 1. The zero-order valence-corrected chi connectivity index (χ0v) is 19.7. The molecule has 1 saturated carbocycles. The van der Waals surface area contributed by atoms with Crippen molar-refractivity contribution in [3.05, 3.63) is 30.3 Å². The number of amides is 2. The first-order chi connectivity index (χ1) is 15.3. The number of unbranched alkanes of at least 4 members (excludes halogenated alkanes) is 1. The summed E-state index contributed by atoms with van der Waals surface area (Å²) in [6.07, 6.45) is 6.07. The Labute approximate surface area is 191 Å². The summed E-state index contributed by atoms with van der Waals surface area (Å²) in [5.41, 5.74) is 5.38. The van der Waals surface area contributed by atoms with Crippen LogP contribution in [-0.2, 0) is 14.4 Å². The van der Waals surface area contributed by atoms with Gasteiger partial charge in [0.1, 0.15) is 12.4 Å². The van der Waals surface area contributed by atoms with E-state index in [1.165, 1.54) is 0 Å². The fourth-order valence-electron chi connectivity index (χ4n) is 3.89. The highest BCUT2D eigenvalue weighted by molar-refractivity contribution is 6.38. The van der Waals surface area contributed by atoms with Crippen LogP contribution in [0.1, 0.15) is 72.1 Å². The lowest BCUT2D eigenvalue weighted by Crippen LogP contribution is -2.59. The smallest absolute Gasteiger partial charge is 0.289 e. The Morgan fingerprint density at radius 2 is 1.72 bits per heavy atom. The maximum atomic E-state index is 13.0. The summed E-state index contributed by atoms with van der Waals surface area (Å²) < 4.78 is 5.78. The Bertz CT molecular complexity index is 745. The molecule has 1 aliphatic rings. The van der Waals surface area contributed by atoms with Gasteiger partial charge >= 0.3 is 0 Å². The first-order valence-corrected chi connectivity index (χ1v) is 11.9. The number of carbonyl (C=O) groups is 3. The van der Waals surface area contributed by atoms with Crippen LogP contribution in [0.4, 0.5) is 0 Å². The molecule has 4 N–H and O–H groups in total. The maximum Gasteiger partial charge on any atom is 0.289 e. The van der Waals surface area contributed by atoms with E-state index in [4.69, 9.17) is 10.5 Å². The second-order valence-electron chi connectivity index (χ2n) is 9.20. The number of ether oxygens (including phenoxy) is 1. The number of benzene rings is 1. The van der Waals surface area contributed by atoms with Crippen molar-refractivity contribution < 1.29 is 19.1 Å². The van der Waals surface area contributed by atoms with E-state index in [1.54, 1.807) is 0 Å². The van der Waals surface area contributed by atoms with Crippen LogP contribution in [0, 0.1) is 5.92 Å². The maximum absolute atomic E-state index is 13.0. The van der Waals surface area contributed by atoms with Gasteiger partial charge in [-0.1, -0.05) is 71.1 Å². The van der Waals surface area contributed by atoms with Crippen molar-refractivity contribution in [2.75, 3.05) is 6.61 Å². The zero-order valence-electron chi connectivity index (χ0n) is 19.7. The normalized spacial score (nSPS) is 17.3. The second kappa shape index (κ2) is 12.6. The van der Waals surface area contributed by atoms with Crippen molar-refractivity contribution in [1.82, 2.24) is 10.6 Å². The van der Waals surface area contributed by atoms with Crippen LogP contribution >= 0.6 is 0 Å². The van der Waals surface area contributed by atoms with Crippen molar-refractivity contribution in [3.63, 3.8) is 0 Å². The van der Waals surface area contributed by atoms with E-state index >= 15 is 0 Å². The van der Waals surface area contributed by atoms with Crippen LogP contribution in [0.15, 0.2) is 30.3 Å². The molecule has 0 aromatic heterocycles. The standard InChI is InChI=1S/C25H39N3O4/c1-4-5-14-20(28-24(31)25(26)15-10-7-11-16-25)22(29)23(30)27-21(18(2)3)17-32-19-12-8-6-9-13-19/h6,8-9,12-13,18,20-21H,4-5,7,10-11,14-17,26H2,1-3H3,(H,27,30)(H,28,31)/t20-,21?/m0/s1. The molecule has 7 nitrogen and oxygen atoms in total. The average Bonchev–Trinajstić information content (AvgIpc) is 2.79. The van der Waals surface area contributed by atoms with Gasteiger partial charge in [-0.15, -0.1) is 0 Å². The van der Waals surface area contributed by atoms with E-state index in [1.807, 2.05) is 51.1 Å². The minimum Gasteiger partial charge on any atom is -0.491 e. The van der Waals surface area contributed by atoms with Crippen LogP contribution in [0.3, 0.4) is 0 Å². The predicted octanol–water partition coefficient (Wildman–Crippen LogP) is 3.11. The molecule has 1 fully saturated rings. The van der Waals surface area contributed by atoms with Gasteiger partial charge < -0.3 is 21.1 Å². The van der Waals surface area contributed by atoms with Crippen LogP contribution in [0.2, 0.25) is 0 Å². The number of carbonyl (C=O) groups excluding carboxylic acids is 3. The summed E-state index contributed by atoms with van der Waals surface area (Å²) in [5, 5.41) is 5.61. The molecule has 2 atom stereocenters. The van der Waals surface area contributed by atoms with E-state index in [0.717, 1.165) is 32.1 Å². The van der Waals surface area contributed by atoms with E-state index in [9.17, 15) is 14.4 Å². The van der Waals surface area contributed by atoms with Gasteiger partial charge in [0, 0.05) is 0 Å². The van der Waals surface area contributed by atoms with Crippen molar-refractivity contribution in [2.24, 2.45) is 11.7 Å². The molecule has 0 bridgehead atoms. The Balaban J connectivity index is 2.01. The predicted molar refractivity (Wildman–Crippen MR) is 125 cm³/mol. The van der Waals surface area contributed by atoms with E-state index in [0.29, 0.717) is 25.0 Å². The van der Waals surface area contributed by atoms with Gasteiger partial charge in [0.2, 0.25) is 11.7 Å². The first kappa shape index (κ1) is 25.8. The summed E-state index contributed by atoms with van der Waals surface area (Å²) in [4.78, 5) is 38.7. The van der Waals surface area contributed by atoms with E-state index < -0.39 is 23.3 Å². The molecular weight excluding hydrogens is 406 g/mol. The van der Waals surface area contributed by atoms with Crippen LogP contribution in [0.5, 0.6) is 5.75 Å². The highest BCUT2D eigenvalue weighted by atomic mass is 16.5. The van der Waals surface area contributed by atoms with Gasteiger partial charge in [-0.25, -0.2) is 0 Å². The lowest BCUT2D eigenvalue weighted by atomic mass is 9.81. The molecule has 7 heteroatoms. The molecule has 32 heavy (non-hydrogen) atoms. The fraction of sp³-hybridized carbons (Fsp3) is 0.640. The van der Waals surface area contributed by atoms with Crippen molar-refractivity contribution >= 4 is 17.6 Å². The monoisotopic (exact) mass is 445 g/mol. The molecular formula is C25H39N3O4. The number of hydrogen-bond donors (Lipinski definition) is 3. The molecule has 0 saturated heterocycles. The van der Waals surface area contributed by atoms with Gasteiger partial charge in [0.25, 0.3) is 5.91 Å². The van der Waals surface area contributed by atoms with Crippen molar-refractivity contribution in [1.29, 1.82) is 0 Å². The van der Waals surface area contributed by atoms with Gasteiger partial charge in [-0.05, 0) is 37.3 Å². The first-order valence-electron chi connectivity index (χ1n) is 11.9. The molecule has 0 aliphatic heterocycles. The number of hydrogen-bond acceptors (Lipinski definition) is 5. The van der Waals surface area contributed by atoms with Crippen molar-refractivity contribution in [3.8, 4) is 5.75 Å². The summed E-state index contributed by atoms with van der Waals surface area (Å²) in [5.74, 6) is -0.887. The quantitative estimate of drug-likeness (QED) is 0.428. The molecule has 1 aliphatic carbocycles. The van der Waals surface area contributed by atoms with Crippen LogP contribution < -0.4 is 21.1 Å². The third-order valence-electron chi connectivity index (χ3n) is 6.18. The van der Waals surface area contributed by atoms with Gasteiger partial charge in [0.05, 0.1) is 17.6 Å². The Morgan fingerprint density at radius 3 is 2.31 bits per heavy atom. The Morgan fingerprint density at radius 1 is 1.06 bits per heavy atom. The van der Waals surface area contributed by atoms with Gasteiger partial charge in [0.15, 0.2) is 0 Å². The summed E-state index contributed by atoms with van der Waals surface area (Å²) in [6, 6.07) is 8.12. The summed E-state index contributed by atoms with van der Waals surface area (Å²) >= 11 is 0. The number of rotatable bonds is 12. The van der Waals surface area contributed by atoms with Crippen LogP contribution in [0.25, 0.3) is 0 Å². The lowest BCUT2D eigenvalue weighted by molar-refractivity contribution is -0.141. The van der Waals surface area contributed by atoms with Gasteiger partial charge in [-0.2, -0.15) is 0 Å². The van der Waals surface area contributed by atoms with Crippen LogP contribution in [-0.4, -0.2) is 41.8 Å². The SMILES string of the molecule is CCCC[C@H](NC(=O)C1(N)CCCCC1)C(=O)C(=O)NC(COc1ccccc1)C(C)C. The van der Waals surface area contributed by atoms with Gasteiger partial charge in [-0.3, -0.25) is 14.4 Å². The molecule has 1 aromatic carbocycles. The number of nitrogens with one attached hydrogen (secondary N) is 2. The molecule has 2 rings (SSSR count). The summed E-state index contributed by atoms with van der Waals surface area (Å²) in [7, 11) is 0. The molecule has 2 amide bonds. The third kappa shape index (κ3) is 7.62. The second-order valence-corrected chi connectivity index (χ2v) is 9.20. The molecule has 1 aromatic rings. The van der Waals surface area contributed by atoms with E-state index in [-0.39, 0.29) is 24.5 Å². The lowest BCUT2D eigenvalue weighted by Gasteiger charge is -2.33. The largest absolute Gasteiger partial charge is 0.491 e. The average molecular weight is 446 g/mol. The zero-order chi connectivity index (χ0) is 23.6. The minimum absolute atomic E-state index is 0.0636. The summed E-state index contributed by atoms with van der Waals surface area (Å²) in [6.45, 7) is 6.17. The van der Waals surface area contributed by atoms with Crippen molar-refractivity contribution in [2.45, 2.75) is 89.8 Å². The number of para-hydroxylation sites is 1. The molecule has 178 valence electrons. The Hall–Kier alpha value is -2.41. The molecule has 0 radical (unpaired) electrons. The highest BCUT2D eigenvalue weighted by Crippen LogP contribution is 2.26. The van der Waals surface area contributed by atoms with E-state index in [2.05, 4.69) is 10.6 Å². The topological polar surface area (TPSA) is 111 Å². The highest BCUT2D eigenvalue weighted by Gasteiger charge is 2.38. The molecule has 0 spiro atoms. The fourth-order valence-corrected chi connectivity index (χ4v) is 3.89. The number of Topliss-reactive ketones (excluding diaryl/α,β-unsaturated/α-hetero) is 1. The Kier molecular flexibility index (Phi) is 10.2. The molecule has 1 unspecified atom stereocenters. The molecule has 0 heterocycles. The third-order valence-corrected chi connectivity index (χ3v) is 6.18. The minimum atomic E-state index is -0.955.